The zero-order valence-electron chi connectivity index (χ0n) is 15.4. The van der Waals surface area contributed by atoms with Crippen molar-refractivity contribution >= 4 is 45.3 Å². The molecule has 0 saturated carbocycles. The number of methoxy groups -OCH3 is 1. The Kier molecular flexibility index (Phi) is 4.77. The smallest absolute Gasteiger partial charge is 0.323 e. The minimum absolute atomic E-state index is 0.0284. The molecular formula is C16H19N9O2S. The second-order valence-electron chi connectivity index (χ2n) is 6.29. The SMILES string of the molecule is COc1ccc(NC(=O)N2CCN(c3nc(N)nc4scnc34)C(C)C2)nn1. The van der Waals surface area contributed by atoms with E-state index in [1.165, 1.54) is 18.4 Å². The van der Waals surface area contributed by atoms with Crippen LogP contribution in [-0.4, -0.2) is 68.9 Å². The Morgan fingerprint density at radius 2 is 2.18 bits per heavy atom. The summed E-state index contributed by atoms with van der Waals surface area (Å²) in [5.74, 6) is 1.68. The van der Waals surface area contributed by atoms with Gasteiger partial charge in [-0.1, -0.05) is 0 Å². The van der Waals surface area contributed by atoms with E-state index in [0.717, 1.165) is 10.3 Å². The number of ether oxygens (including phenoxy) is 1. The van der Waals surface area contributed by atoms with Crippen molar-refractivity contribution in [3.8, 4) is 5.88 Å². The molecule has 4 rings (SSSR count). The second-order valence-corrected chi connectivity index (χ2v) is 7.12. The molecule has 146 valence electrons. The Bertz CT molecular complexity index is 993. The van der Waals surface area contributed by atoms with Crippen molar-refractivity contribution in [1.82, 2.24) is 30.0 Å². The molecular weight excluding hydrogens is 382 g/mol. The predicted molar refractivity (Wildman–Crippen MR) is 106 cm³/mol. The van der Waals surface area contributed by atoms with Crippen LogP contribution >= 0.6 is 11.3 Å². The highest BCUT2D eigenvalue weighted by molar-refractivity contribution is 7.16. The van der Waals surface area contributed by atoms with E-state index in [0.29, 0.717) is 37.1 Å². The highest BCUT2D eigenvalue weighted by Crippen LogP contribution is 2.28. The van der Waals surface area contributed by atoms with Crippen LogP contribution in [0.2, 0.25) is 0 Å². The van der Waals surface area contributed by atoms with Crippen LogP contribution in [0.25, 0.3) is 10.3 Å². The van der Waals surface area contributed by atoms with Gasteiger partial charge < -0.3 is 20.3 Å². The standard InChI is InChI=1S/C16H19N9O2S/c1-9-7-24(16(26)19-10-3-4-11(27-2)23-22-10)5-6-25(9)13-12-14(28-8-18-12)21-15(17)20-13/h3-4,8-9H,5-7H2,1-2H3,(H2,17,20,21)(H,19,22,26). The molecule has 0 bridgehead atoms. The maximum Gasteiger partial charge on any atom is 0.323 e. The normalized spacial score (nSPS) is 17.0. The molecule has 1 aliphatic heterocycles. The average Bonchev–Trinajstić information content (AvgIpc) is 3.16. The Hall–Kier alpha value is -3.28. The number of rotatable bonds is 3. The number of urea groups is 1. The minimum atomic E-state index is -0.230. The molecule has 4 heterocycles. The number of nitrogens with one attached hydrogen (secondary N) is 1. The van der Waals surface area contributed by atoms with E-state index in [9.17, 15) is 4.79 Å². The van der Waals surface area contributed by atoms with E-state index in [4.69, 9.17) is 10.5 Å². The lowest BCUT2D eigenvalue weighted by Crippen LogP contribution is -2.55. The van der Waals surface area contributed by atoms with E-state index in [-0.39, 0.29) is 18.0 Å². The van der Waals surface area contributed by atoms with Crippen molar-refractivity contribution in [3.63, 3.8) is 0 Å². The van der Waals surface area contributed by atoms with Crippen LogP contribution in [-0.2, 0) is 0 Å². The van der Waals surface area contributed by atoms with Crippen LogP contribution in [0.5, 0.6) is 5.88 Å². The van der Waals surface area contributed by atoms with Gasteiger partial charge in [0.05, 0.1) is 12.6 Å². The predicted octanol–water partition coefficient (Wildman–Crippen LogP) is 1.21. The van der Waals surface area contributed by atoms with Gasteiger partial charge in [0.25, 0.3) is 0 Å². The lowest BCUT2D eigenvalue weighted by Gasteiger charge is -2.40. The van der Waals surface area contributed by atoms with Gasteiger partial charge in [-0.05, 0) is 13.0 Å². The fraction of sp³-hybridized carbons (Fsp3) is 0.375. The maximum absolute atomic E-state index is 12.6. The molecule has 1 unspecified atom stereocenters. The number of hydrogen-bond donors (Lipinski definition) is 2. The number of hydrogen-bond acceptors (Lipinski definition) is 10. The summed E-state index contributed by atoms with van der Waals surface area (Å²) in [6.45, 7) is 3.68. The van der Waals surface area contributed by atoms with Crippen molar-refractivity contribution < 1.29 is 9.53 Å². The van der Waals surface area contributed by atoms with Gasteiger partial charge in [0.1, 0.15) is 5.52 Å². The summed E-state index contributed by atoms with van der Waals surface area (Å²) in [5.41, 5.74) is 8.31. The third kappa shape index (κ3) is 3.45. The van der Waals surface area contributed by atoms with Gasteiger partial charge >= 0.3 is 6.03 Å². The molecule has 1 saturated heterocycles. The average molecular weight is 401 g/mol. The van der Waals surface area contributed by atoms with Crippen LogP contribution in [0.15, 0.2) is 17.6 Å². The Morgan fingerprint density at radius 3 is 2.89 bits per heavy atom. The third-order valence-corrected chi connectivity index (χ3v) is 5.19. The number of piperazine rings is 1. The van der Waals surface area contributed by atoms with Crippen LogP contribution < -0.4 is 20.7 Å². The first-order valence-corrected chi connectivity index (χ1v) is 9.50. The van der Waals surface area contributed by atoms with Gasteiger partial charge in [-0.25, -0.2) is 14.8 Å². The fourth-order valence-electron chi connectivity index (χ4n) is 3.10. The molecule has 2 amide bonds. The number of nitrogens with zero attached hydrogens (tertiary/aromatic N) is 7. The molecule has 3 aromatic rings. The molecule has 0 radical (unpaired) electrons. The molecule has 1 aliphatic rings. The summed E-state index contributed by atoms with van der Waals surface area (Å²) in [6, 6.07) is 3.08. The first-order valence-electron chi connectivity index (χ1n) is 8.62. The molecule has 3 aromatic heterocycles. The summed E-state index contributed by atoms with van der Waals surface area (Å²) < 4.78 is 4.97. The summed E-state index contributed by atoms with van der Waals surface area (Å²) >= 11 is 1.42. The number of nitrogens with two attached hydrogens (primary N) is 1. The largest absolute Gasteiger partial charge is 0.480 e. The molecule has 0 spiro atoms. The molecule has 0 aromatic carbocycles. The first kappa shape index (κ1) is 18.1. The number of fused-ring (bicyclic) bond motifs is 1. The quantitative estimate of drug-likeness (QED) is 0.663. The van der Waals surface area contributed by atoms with E-state index in [2.05, 4.69) is 35.4 Å². The van der Waals surface area contributed by atoms with Crippen molar-refractivity contribution in [1.29, 1.82) is 0 Å². The van der Waals surface area contributed by atoms with E-state index in [1.54, 1.807) is 22.5 Å². The van der Waals surface area contributed by atoms with E-state index < -0.39 is 0 Å². The summed E-state index contributed by atoms with van der Waals surface area (Å²) in [4.78, 5) is 30.2. The van der Waals surface area contributed by atoms with E-state index >= 15 is 0 Å². The van der Waals surface area contributed by atoms with Gasteiger partial charge in [0.2, 0.25) is 11.8 Å². The van der Waals surface area contributed by atoms with Crippen LogP contribution in [0.3, 0.4) is 0 Å². The maximum atomic E-state index is 12.6. The number of thiazole rings is 1. The topological polar surface area (TPSA) is 135 Å². The summed E-state index contributed by atoms with van der Waals surface area (Å²) in [7, 11) is 1.51. The van der Waals surface area contributed by atoms with Gasteiger partial charge in [0, 0.05) is 31.7 Å². The summed E-state index contributed by atoms with van der Waals surface area (Å²) in [5, 5.41) is 10.5. The lowest BCUT2D eigenvalue weighted by atomic mass is 10.2. The molecule has 11 nitrogen and oxygen atoms in total. The molecule has 3 N–H and O–H groups in total. The summed E-state index contributed by atoms with van der Waals surface area (Å²) in [6.07, 6.45) is 0. The third-order valence-electron chi connectivity index (χ3n) is 4.47. The van der Waals surface area contributed by atoms with Crippen molar-refractivity contribution in [3.05, 3.63) is 17.6 Å². The number of carbonyl (C=O) groups is 1. The molecule has 1 atom stereocenters. The number of carbonyl (C=O) groups excluding carboxylic acids is 1. The molecule has 12 heteroatoms. The first-order chi connectivity index (χ1) is 13.5. The van der Waals surface area contributed by atoms with E-state index in [1.807, 2.05) is 6.92 Å². The van der Waals surface area contributed by atoms with Crippen LogP contribution in [0.4, 0.5) is 22.4 Å². The number of nitrogen functional groups attached to an aromatic ring is 1. The molecule has 0 aliphatic carbocycles. The number of anilines is 3. The minimum Gasteiger partial charge on any atom is -0.480 e. The van der Waals surface area contributed by atoms with Gasteiger partial charge in [-0.15, -0.1) is 21.5 Å². The van der Waals surface area contributed by atoms with Crippen LogP contribution in [0, 0.1) is 0 Å². The number of aromatic nitrogens is 5. The highest BCUT2D eigenvalue weighted by Gasteiger charge is 2.29. The van der Waals surface area contributed by atoms with Crippen molar-refractivity contribution in [2.45, 2.75) is 13.0 Å². The second kappa shape index (κ2) is 7.38. The Morgan fingerprint density at radius 1 is 1.32 bits per heavy atom. The fourth-order valence-corrected chi connectivity index (χ4v) is 3.76. The van der Waals surface area contributed by atoms with Crippen molar-refractivity contribution in [2.75, 3.05) is 42.7 Å². The van der Waals surface area contributed by atoms with Crippen molar-refractivity contribution in [2.24, 2.45) is 0 Å². The molecule has 1 fully saturated rings. The van der Waals surface area contributed by atoms with Crippen LogP contribution in [0.1, 0.15) is 6.92 Å². The monoisotopic (exact) mass is 401 g/mol. The highest BCUT2D eigenvalue weighted by atomic mass is 32.1. The van der Waals surface area contributed by atoms with Gasteiger partial charge in [0.15, 0.2) is 16.5 Å². The lowest BCUT2D eigenvalue weighted by molar-refractivity contribution is 0.200. The Balaban J connectivity index is 1.45. The Labute approximate surface area is 164 Å². The zero-order chi connectivity index (χ0) is 19.7. The van der Waals surface area contributed by atoms with Gasteiger partial charge in [-0.3, -0.25) is 5.32 Å². The number of amides is 2. The molecule has 28 heavy (non-hydrogen) atoms. The van der Waals surface area contributed by atoms with Gasteiger partial charge in [-0.2, -0.15) is 4.98 Å². The zero-order valence-corrected chi connectivity index (χ0v) is 16.2.